The minimum absolute atomic E-state index is 0.229. The molecule has 0 atom stereocenters. The third kappa shape index (κ3) is 3.44. The van der Waals surface area contributed by atoms with Gasteiger partial charge in [-0.1, -0.05) is 18.2 Å². The summed E-state index contributed by atoms with van der Waals surface area (Å²) in [6, 6.07) is 11.9. The van der Waals surface area contributed by atoms with Gasteiger partial charge in [-0.05, 0) is 38.5 Å². The first-order valence-electron chi connectivity index (χ1n) is 8.42. The average Bonchev–Trinajstić information content (AvgIpc) is 2.92. The quantitative estimate of drug-likeness (QED) is 0.394. The molecule has 0 aliphatic carbocycles. The molecule has 2 heterocycles. The second-order valence-corrected chi connectivity index (χ2v) is 6.44. The Morgan fingerprint density at radius 3 is 2.48 bits per heavy atom. The monoisotopic (exact) mass is 365 g/mol. The van der Waals surface area contributed by atoms with Crippen LogP contribution in [0.1, 0.15) is 27.3 Å². The van der Waals surface area contributed by atoms with Crippen LogP contribution in [0.2, 0.25) is 0 Å². The Kier molecular flexibility index (Phi) is 4.77. The van der Waals surface area contributed by atoms with Crippen LogP contribution < -0.4 is 5.56 Å². The summed E-state index contributed by atoms with van der Waals surface area (Å²) in [7, 11) is 0. The van der Waals surface area contributed by atoms with E-state index in [0.717, 1.165) is 45.5 Å². The molecule has 3 rings (SSSR count). The molecule has 0 aliphatic heterocycles. The molecule has 0 unspecified atom stereocenters. The van der Waals surface area contributed by atoms with Gasteiger partial charge in [0.15, 0.2) is 5.78 Å². The molecular formula is C20H19N3O4. The summed E-state index contributed by atoms with van der Waals surface area (Å²) in [6.07, 6.45) is 1.10. The van der Waals surface area contributed by atoms with Crippen molar-refractivity contribution in [1.29, 1.82) is 0 Å². The van der Waals surface area contributed by atoms with E-state index >= 15 is 0 Å². The van der Waals surface area contributed by atoms with Gasteiger partial charge in [-0.2, -0.15) is 0 Å². The van der Waals surface area contributed by atoms with Gasteiger partial charge in [0.1, 0.15) is 0 Å². The molecule has 3 aromatic rings. The Balaban J connectivity index is 1.99. The number of carbonyl (C=O) groups is 1. The van der Waals surface area contributed by atoms with Crippen molar-refractivity contribution in [2.75, 3.05) is 0 Å². The van der Waals surface area contributed by atoms with Crippen molar-refractivity contribution in [1.82, 2.24) is 9.13 Å². The molecule has 1 aromatic carbocycles. The smallest absolute Gasteiger partial charge is 0.285 e. The zero-order valence-electron chi connectivity index (χ0n) is 15.3. The van der Waals surface area contributed by atoms with E-state index in [-0.39, 0.29) is 18.0 Å². The van der Waals surface area contributed by atoms with Crippen LogP contribution in [-0.4, -0.2) is 19.8 Å². The number of hydrogen-bond acceptors (Lipinski definition) is 4. The van der Waals surface area contributed by atoms with Crippen LogP contribution in [-0.2, 0) is 6.54 Å². The van der Waals surface area contributed by atoms with Gasteiger partial charge >= 0.3 is 0 Å². The van der Waals surface area contributed by atoms with Crippen molar-refractivity contribution >= 4 is 11.5 Å². The third-order valence-electron chi connectivity index (χ3n) is 4.58. The number of benzene rings is 1. The lowest BCUT2D eigenvalue weighted by Crippen LogP contribution is -2.23. The van der Waals surface area contributed by atoms with Crippen molar-refractivity contribution < 1.29 is 9.72 Å². The maximum atomic E-state index is 12.8. The van der Waals surface area contributed by atoms with Gasteiger partial charge in [-0.15, -0.1) is 0 Å². The highest BCUT2D eigenvalue weighted by Gasteiger charge is 2.19. The predicted molar refractivity (Wildman–Crippen MR) is 102 cm³/mol. The number of hydrogen-bond donors (Lipinski definition) is 0. The van der Waals surface area contributed by atoms with E-state index in [2.05, 4.69) is 0 Å². The maximum absolute atomic E-state index is 12.8. The topological polar surface area (TPSA) is 87.1 Å². The van der Waals surface area contributed by atoms with Crippen molar-refractivity contribution in [2.45, 2.75) is 27.3 Å². The van der Waals surface area contributed by atoms with Gasteiger partial charge in [-0.3, -0.25) is 19.7 Å². The van der Waals surface area contributed by atoms with E-state index in [1.54, 1.807) is 6.07 Å². The maximum Gasteiger partial charge on any atom is 0.285 e. The molecular weight excluding hydrogens is 346 g/mol. The molecule has 0 radical (unpaired) electrons. The number of aryl methyl sites for hydroxylation is 2. The highest BCUT2D eigenvalue weighted by atomic mass is 16.6. The summed E-state index contributed by atoms with van der Waals surface area (Å²) in [6.45, 7) is 5.51. The molecule has 0 aliphatic rings. The minimum Gasteiger partial charge on any atom is -0.317 e. The van der Waals surface area contributed by atoms with E-state index < -0.39 is 10.5 Å². The lowest BCUT2D eigenvalue weighted by atomic mass is 10.1. The highest BCUT2D eigenvalue weighted by molar-refractivity contribution is 5.97. The number of carbonyl (C=O) groups excluding carboxylic acids is 1. The molecule has 0 bridgehead atoms. The first kappa shape index (κ1) is 18.3. The molecule has 27 heavy (non-hydrogen) atoms. The van der Waals surface area contributed by atoms with Crippen molar-refractivity contribution in [2.24, 2.45) is 0 Å². The zero-order chi connectivity index (χ0) is 19.7. The predicted octanol–water partition coefficient (Wildman–Crippen LogP) is 3.36. The Morgan fingerprint density at radius 2 is 1.81 bits per heavy atom. The van der Waals surface area contributed by atoms with E-state index in [4.69, 9.17) is 0 Å². The Labute approximate surface area is 155 Å². The second-order valence-electron chi connectivity index (χ2n) is 6.44. The van der Waals surface area contributed by atoms with Crippen LogP contribution in [0.25, 0.3) is 5.69 Å². The van der Waals surface area contributed by atoms with E-state index in [0.29, 0.717) is 5.56 Å². The van der Waals surface area contributed by atoms with E-state index in [1.165, 1.54) is 0 Å². The number of ketones is 1. The minimum atomic E-state index is -0.593. The first-order chi connectivity index (χ1) is 12.8. The third-order valence-corrected chi connectivity index (χ3v) is 4.58. The number of nitro groups is 1. The van der Waals surface area contributed by atoms with Gasteiger partial charge in [0.05, 0.1) is 17.7 Å². The summed E-state index contributed by atoms with van der Waals surface area (Å²) >= 11 is 0. The number of rotatable bonds is 5. The van der Waals surface area contributed by atoms with Crippen molar-refractivity contribution in [3.8, 4) is 5.69 Å². The zero-order valence-corrected chi connectivity index (χ0v) is 15.3. The first-order valence-corrected chi connectivity index (χ1v) is 8.42. The van der Waals surface area contributed by atoms with Gasteiger partial charge in [0.2, 0.25) is 0 Å². The SMILES string of the molecule is Cc1ccccc1-n1c(C)cc(C(=O)Cn2cc([N+](=O)[O-])ccc2=O)c1C. The lowest BCUT2D eigenvalue weighted by molar-refractivity contribution is -0.385. The number of Topliss-reactive ketones (excluding diaryl/α,β-unsaturated/α-hetero) is 1. The second kappa shape index (κ2) is 7.03. The van der Waals surface area contributed by atoms with Gasteiger partial charge in [0.25, 0.3) is 11.2 Å². The Bertz CT molecular complexity index is 1110. The number of nitrogens with zero attached hydrogens (tertiary/aromatic N) is 3. The Morgan fingerprint density at radius 1 is 1.11 bits per heavy atom. The lowest BCUT2D eigenvalue weighted by Gasteiger charge is -2.12. The molecule has 0 amide bonds. The normalized spacial score (nSPS) is 10.8. The van der Waals surface area contributed by atoms with Crippen LogP contribution in [0, 0.1) is 30.9 Å². The molecule has 0 spiro atoms. The van der Waals surface area contributed by atoms with Crippen LogP contribution >= 0.6 is 0 Å². The standard InChI is InChI=1S/C20H19N3O4/c1-13-6-4-5-7-18(13)22-14(2)10-17(15(22)3)19(24)12-21-11-16(23(26)27)8-9-20(21)25/h4-11H,12H2,1-3H3. The van der Waals surface area contributed by atoms with E-state index in [1.807, 2.05) is 49.6 Å². The average molecular weight is 365 g/mol. The fourth-order valence-corrected chi connectivity index (χ4v) is 3.22. The van der Waals surface area contributed by atoms with Crippen molar-refractivity contribution in [3.05, 3.63) is 91.6 Å². The summed E-state index contributed by atoms with van der Waals surface area (Å²) < 4.78 is 3.07. The summed E-state index contributed by atoms with van der Waals surface area (Å²) in [5, 5.41) is 10.9. The van der Waals surface area contributed by atoms with Crippen LogP contribution in [0.4, 0.5) is 5.69 Å². The van der Waals surface area contributed by atoms with Crippen molar-refractivity contribution in [3.63, 3.8) is 0 Å². The fourth-order valence-electron chi connectivity index (χ4n) is 3.22. The fraction of sp³-hybridized carbons (Fsp3) is 0.200. The molecule has 7 heteroatoms. The van der Waals surface area contributed by atoms with Gasteiger partial charge in [0, 0.05) is 34.8 Å². The molecule has 0 N–H and O–H groups in total. The molecule has 0 saturated heterocycles. The number of para-hydroxylation sites is 1. The van der Waals surface area contributed by atoms with Gasteiger partial charge in [-0.25, -0.2) is 0 Å². The molecule has 0 fully saturated rings. The van der Waals surface area contributed by atoms with Crippen LogP contribution in [0.3, 0.4) is 0 Å². The van der Waals surface area contributed by atoms with Gasteiger partial charge < -0.3 is 9.13 Å². The van der Waals surface area contributed by atoms with E-state index in [9.17, 15) is 19.7 Å². The molecule has 7 nitrogen and oxygen atoms in total. The van der Waals surface area contributed by atoms with Crippen LogP contribution in [0.5, 0.6) is 0 Å². The molecule has 0 saturated carbocycles. The van der Waals surface area contributed by atoms with Crippen LogP contribution in [0.15, 0.2) is 53.5 Å². The summed E-state index contributed by atoms with van der Waals surface area (Å²) in [5.41, 5.74) is 3.54. The number of pyridine rings is 1. The molecule has 2 aromatic heterocycles. The highest BCUT2D eigenvalue weighted by Crippen LogP contribution is 2.23. The number of aromatic nitrogens is 2. The summed E-state index contributed by atoms with van der Waals surface area (Å²) in [5.74, 6) is -0.273. The Hall–Kier alpha value is -3.48. The largest absolute Gasteiger partial charge is 0.317 e. The molecule has 138 valence electrons. The summed E-state index contributed by atoms with van der Waals surface area (Å²) in [4.78, 5) is 35.1.